The van der Waals surface area contributed by atoms with Gasteiger partial charge in [0.25, 0.3) is 5.91 Å². The third-order valence-corrected chi connectivity index (χ3v) is 4.38. The number of primary sulfonamides is 1. The summed E-state index contributed by atoms with van der Waals surface area (Å²) in [6.45, 7) is 0. The lowest BCUT2D eigenvalue weighted by Gasteiger charge is -2.28. The largest absolute Gasteiger partial charge is 0.361 e. The minimum absolute atomic E-state index is 0.0629. The van der Waals surface area contributed by atoms with Crippen molar-refractivity contribution in [2.75, 3.05) is 5.32 Å². The first-order valence-electron chi connectivity index (χ1n) is 8.44. The number of carbonyl (C=O) groups excluding carboxylic acids is 1. The van der Waals surface area contributed by atoms with Crippen LogP contribution in [0.1, 0.15) is 28.9 Å². The van der Waals surface area contributed by atoms with E-state index in [1.165, 1.54) is 6.07 Å². The van der Waals surface area contributed by atoms with Crippen LogP contribution in [-0.2, 0) is 10.0 Å². The Morgan fingerprint density at radius 1 is 1.18 bits per heavy atom. The van der Waals surface area contributed by atoms with E-state index in [-0.39, 0.29) is 21.8 Å². The van der Waals surface area contributed by atoms with Crippen LogP contribution < -0.4 is 15.8 Å². The fraction of sp³-hybridized carbons (Fsp3) is 0.0714. The van der Waals surface area contributed by atoms with Crippen LogP contribution in [0.4, 0.5) is 5.69 Å². The van der Waals surface area contributed by atoms with Crippen LogP contribution in [0, 0.1) is 0 Å². The van der Waals surface area contributed by atoms with Crippen LogP contribution >= 0.6 is 11.6 Å². The van der Waals surface area contributed by atoms with Gasteiger partial charge in [0.15, 0.2) is 0 Å². The van der Waals surface area contributed by atoms with Crippen molar-refractivity contribution >= 4 is 33.2 Å². The Morgan fingerprint density at radius 2 is 1.86 bits per heavy atom. The van der Waals surface area contributed by atoms with E-state index < -0.39 is 57.2 Å². The number of benzene rings is 2. The van der Waals surface area contributed by atoms with Gasteiger partial charge < -0.3 is 10.6 Å². The average molecular weight is 343 g/mol. The van der Waals surface area contributed by atoms with Crippen molar-refractivity contribution in [3.05, 3.63) is 58.5 Å². The maximum absolute atomic E-state index is 12.4. The Kier molecular flexibility index (Phi) is 2.36. The third kappa shape index (κ3) is 2.66. The molecule has 0 aliphatic carbocycles. The minimum atomic E-state index is -4.16. The van der Waals surface area contributed by atoms with Gasteiger partial charge in [-0.25, -0.2) is 13.6 Å². The summed E-state index contributed by atoms with van der Waals surface area (Å²) in [7, 11) is -4.16. The van der Waals surface area contributed by atoms with Crippen LogP contribution in [0.15, 0.2) is 47.2 Å². The molecule has 114 valence electrons. The predicted molar refractivity (Wildman–Crippen MR) is 83.1 cm³/mol. The van der Waals surface area contributed by atoms with Crippen molar-refractivity contribution in [3.63, 3.8) is 0 Å². The Bertz CT molecular complexity index is 1080. The van der Waals surface area contributed by atoms with Crippen LogP contribution in [-0.4, -0.2) is 14.3 Å². The highest BCUT2D eigenvalue weighted by molar-refractivity contribution is 7.89. The minimum Gasteiger partial charge on any atom is -0.361 e. The molecule has 0 aromatic heterocycles. The highest BCUT2D eigenvalue weighted by Gasteiger charge is 2.27. The van der Waals surface area contributed by atoms with Gasteiger partial charge in [-0.1, -0.05) is 41.8 Å². The van der Waals surface area contributed by atoms with Crippen LogP contribution in [0.25, 0.3) is 0 Å². The number of sulfonamides is 1. The first-order valence-corrected chi connectivity index (χ1v) is 7.86. The second kappa shape index (κ2) is 5.28. The van der Waals surface area contributed by atoms with Crippen molar-refractivity contribution in [1.29, 1.82) is 0 Å². The molecule has 0 saturated carbocycles. The van der Waals surface area contributed by atoms with E-state index in [4.69, 9.17) is 23.6 Å². The summed E-state index contributed by atoms with van der Waals surface area (Å²) in [4.78, 5) is 12.0. The quantitative estimate of drug-likeness (QED) is 0.775. The average Bonchev–Trinajstić information content (AvgIpc) is 2.57. The number of hydrogen-bond acceptors (Lipinski definition) is 4. The van der Waals surface area contributed by atoms with Crippen LogP contribution in [0.3, 0.4) is 0 Å². The van der Waals surface area contributed by atoms with Gasteiger partial charge in [-0.2, -0.15) is 0 Å². The van der Waals surface area contributed by atoms with Crippen molar-refractivity contribution in [2.45, 2.75) is 11.1 Å². The zero-order chi connectivity index (χ0) is 20.3. The number of hydrogen-bond donors (Lipinski definition) is 3. The first-order chi connectivity index (χ1) is 12.4. The number of rotatable bonds is 2. The maximum atomic E-state index is 12.4. The zero-order valence-electron chi connectivity index (χ0n) is 15.8. The molecule has 1 aliphatic rings. The number of amides is 1. The standard InChI is InChI=1S/C14H12ClN3O3S/c15-10-7-11-9(6-12(10)22(16,20)21)14(19)18-13(17-11)8-4-2-1-3-5-8/h1-7,13,17H,(H,18,19)(H2,16,20,21)/i1D,2D,3D,4D,5D. The summed E-state index contributed by atoms with van der Waals surface area (Å²) >= 11 is 5.93. The van der Waals surface area contributed by atoms with E-state index in [1.54, 1.807) is 0 Å². The Morgan fingerprint density at radius 3 is 2.50 bits per heavy atom. The van der Waals surface area contributed by atoms with Gasteiger partial charge >= 0.3 is 0 Å². The number of nitrogens with one attached hydrogen (secondary N) is 2. The molecule has 22 heavy (non-hydrogen) atoms. The summed E-state index contributed by atoms with van der Waals surface area (Å²) in [6, 6.07) is -0.419. The topological polar surface area (TPSA) is 101 Å². The number of anilines is 1. The summed E-state index contributed by atoms with van der Waals surface area (Å²) in [5, 5.41) is 10.1. The SMILES string of the molecule is [2H]c1c([2H])c([2H])c(C2NC(=O)c3cc(S(N)(=O)=O)c(Cl)cc3N2)c([2H])c1[2H]. The third-order valence-electron chi connectivity index (χ3n) is 3.01. The highest BCUT2D eigenvalue weighted by Crippen LogP contribution is 2.32. The molecule has 2 aromatic rings. The molecule has 0 fully saturated rings. The zero-order valence-corrected chi connectivity index (χ0v) is 12.4. The normalized spacial score (nSPS) is 20.5. The Hall–Kier alpha value is -2.09. The second-order valence-corrected chi connectivity index (χ2v) is 6.40. The van der Waals surface area contributed by atoms with Crippen molar-refractivity contribution in [2.24, 2.45) is 5.14 Å². The molecule has 1 unspecified atom stereocenters. The van der Waals surface area contributed by atoms with Crippen molar-refractivity contribution in [3.8, 4) is 0 Å². The van der Waals surface area contributed by atoms with Gasteiger partial charge in [0.1, 0.15) is 11.1 Å². The van der Waals surface area contributed by atoms with E-state index >= 15 is 0 Å². The Balaban J connectivity index is 2.14. The lowest BCUT2D eigenvalue weighted by atomic mass is 10.1. The smallest absolute Gasteiger partial charge is 0.255 e. The van der Waals surface area contributed by atoms with Gasteiger partial charge in [0, 0.05) is 0 Å². The molecule has 6 nitrogen and oxygen atoms in total. The molecule has 4 N–H and O–H groups in total. The Labute approximate surface area is 139 Å². The predicted octanol–water partition coefficient (Wildman–Crippen LogP) is 1.84. The number of fused-ring (bicyclic) bond motifs is 1. The van der Waals surface area contributed by atoms with E-state index in [9.17, 15) is 13.2 Å². The molecular weight excluding hydrogens is 326 g/mol. The molecule has 3 rings (SSSR count). The van der Waals surface area contributed by atoms with Crippen LogP contribution in [0.5, 0.6) is 0 Å². The molecule has 1 atom stereocenters. The van der Waals surface area contributed by atoms with Gasteiger partial charge in [-0.05, 0) is 17.7 Å². The van der Waals surface area contributed by atoms with Crippen LogP contribution in [0.2, 0.25) is 5.02 Å². The van der Waals surface area contributed by atoms with Gasteiger partial charge in [-0.3, -0.25) is 4.79 Å². The van der Waals surface area contributed by atoms with Crippen molar-refractivity contribution < 1.29 is 20.1 Å². The fourth-order valence-electron chi connectivity index (χ4n) is 2.03. The summed E-state index contributed by atoms with van der Waals surface area (Å²) in [6.07, 6.45) is -1.14. The highest BCUT2D eigenvalue weighted by atomic mass is 35.5. The molecule has 2 aromatic carbocycles. The monoisotopic (exact) mass is 342 g/mol. The second-order valence-electron chi connectivity index (χ2n) is 4.46. The van der Waals surface area contributed by atoms with E-state index in [0.717, 1.165) is 6.07 Å². The summed E-state index contributed by atoms with van der Waals surface area (Å²) in [5.74, 6) is -0.720. The number of nitrogens with two attached hydrogens (primary N) is 1. The molecule has 8 heteroatoms. The lowest BCUT2D eigenvalue weighted by Crippen LogP contribution is -2.38. The molecule has 0 radical (unpaired) electrons. The van der Waals surface area contributed by atoms with Gasteiger partial charge in [0.2, 0.25) is 10.0 Å². The summed E-state index contributed by atoms with van der Waals surface area (Å²) < 4.78 is 62.2. The molecular formula is C14H12ClN3O3S. The molecule has 1 amide bonds. The maximum Gasteiger partial charge on any atom is 0.255 e. The number of halogens is 1. The number of carbonyl (C=O) groups is 1. The molecule has 0 bridgehead atoms. The molecule has 1 aliphatic heterocycles. The van der Waals surface area contributed by atoms with Crippen molar-refractivity contribution in [1.82, 2.24) is 5.32 Å². The summed E-state index contributed by atoms with van der Waals surface area (Å²) in [5.41, 5.74) is -0.0911. The fourth-order valence-corrected chi connectivity index (χ4v) is 3.13. The van der Waals surface area contributed by atoms with Gasteiger partial charge in [-0.15, -0.1) is 0 Å². The lowest BCUT2D eigenvalue weighted by molar-refractivity contribution is 0.0935. The van der Waals surface area contributed by atoms with E-state index in [2.05, 4.69) is 10.6 Å². The first kappa shape index (κ1) is 9.83. The molecule has 0 saturated heterocycles. The van der Waals surface area contributed by atoms with E-state index in [1.807, 2.05) is 0 Å². The molecule has 0 spiro atoms. The van der Waals surface area contributed by atoms with Gasteiger partial charge in [0.05, 0.1) is 23.1 Å². The molecule has 1 heterocycles. The van der Waals surface area contributed by atoms with E-state index in [0.29, 0.717) is 0 Å².